The maximum absolute atomic E-state index is 6.10. The molecular formula is C23H28N4OS. The molecule has 1 aliphatic carbocycles. The fraction of sp³-hybridized carbons (Fsp3) is 0.435. The van der Waals surface area contributed by atoms with Crippen LogP contribution in [0.5, 0.6) is 10.9 Å². The van der Waals surface area contributed by atoms with Crippen LogP contribution >= 0.6 is 11.5 Å². The second-order valence-electron chi connectivity index (χ2n) is 7.96. The summed E-state index contributed by atoms with van der Waals surface area (Å²) in [5, 5.41) is 0.567. The quantitative estimate of drug-likeness (QED) is 0.501. The second kappa shape index (κ2) is 8.59. The number of hydrogen-bond acceptors (Lipinski definition) is 6. The van der Waals surface area contributed by atoms with Crippen LogP contribution in [0.3, 0.4) is 0 Å². The first-order chi connectivity index (χ1) is 14.0. The first-order valence-corrected chi connectivity index (χ1v) is 11.1. The summed E-state index contributed by atoms with van der Waals surface area (Å²) in [4.78, 5) is 11.3. The van der Waals surface area contributed by atoms with Gasteiger partial charge in [-0.2, -0.15) is 9.36 Å². The summed E-state index contributed by atoms with van der Waals surface area (Å²) in [5.74, 6) is 2.20. The fourth-order valence-corrected chi connectivity index (χ4v) is 3.95. The molecule has 0 aliphatic heterocycles. The van der Waals surface area contributed by atoms with E-state index in [1.807, 2.05) is 12.4 Å². The van der Waals surface area contributed by atoms with Gasteiger partial charge in [0.25, 0.3) is 5.19 Å². The van der Waals surface area contributed by atoms with Crippen LogP contribution in [0, 0.1) is 13.8 Å². The largest absolute Gasteiger partial charge is 0.430 e. The zero-order chi connectivity index (χ0) is 20.4. The molecule has 0 saturated heterocycles. The lowest BCUT2D eigenvalue weighted by atomic mass is 10.0. The zero-order valence-electron chi connectivity index (χ0n) is 17.6. The van der Waals surface area contributed by atoms with Crippen LogP contribution in [0.1, 0.15) is 47.9 Å². The van der Waals surface area contributed by atoms with Crippen LogP contribution in [-0.4, -0.2) is 39.4 Å². The third-order valence-electron chi connectivity index (χ3n) is 5.61. The minimum absolute atomic E-state index is 0.567. The Kier molecular flexibility index (Phi) is 5.92. The summed E-state index contributed by atoms with van der Waals surface area (Å²) in [6.07, 6.45) is 7.34. The predicted octanol–water partition coefficient (Wildman–Crippen LogP) is 5.38. The third kappa shape index (κ3) is 4.82. The normalized spacial score (nSPS) is 13.8. The van der Waals surface area contributed by atoms with Crippen LogP contribution in [0.15, 0.2) is 30.6 Å². The van der Waals surface area contributed by atoms with Crippen LogP contribution in [0.2, 0.25) is 0 Å². The number of rotatable bonds is 8. The predicted molar refractivity (Wildman–Crippen MR) is 118 cm³/mol. The highest BCUT2D eigenvalue weighted by atomic mass is 32.1. The van der Waals surface area contributed by atoms with Gasteiger partial charge in [-0.3, -0.25) is 4.98 Å². The second-order valence-corrected chi connectivity index (χ2v) is 8.67. The minimum atomic E-state index is 0.567. The van der Waals surface area contributed by atoms with Crippen molar-refractivity contribution in [3.05, 3.63) is 52.8 Å². The average Bonchev–Trinajstić information content (AvgIpc) is 3.48. The average molecular weight is 409 g/mol. The third-order valence-corrected chi connectivity index (χ3v) is 6.20. The summed E-state index contributed by atoms with van der Waals surface area (Å²) in [7, 11) is 2.16. The van der Waals surface area contributed by atoms with Gasteiger partial charge in [-0.05, 0) is 87.0 Å². The number of nitrogens with zero attached hydrogens (tertiary/aromatic N) is 4. The number of likely N-dealkylation sites (N-methyl/N-ethyl adjacent to an activating group) is 1. The van der Waals surface area contributed by atoms with Crippen LogP contribution in [-0.2, 0) is 6.42 Å². The molecule has 5 nitrogen and oxygen atoms in total. The van der Waals surface area contributed by atoms with E-state index in [0.717, 1.165) is 36.4 Å². The monoisotopic (exact) mass is 408 g/mol. The molecule has 0 amide bonds. The number of aromatic nitrogens is 3. The standard InChI is InChI=1S/C23H28N4OS/c1-5-27(4)9-8-18-10-16(3)21(11-15(18)2)28-23-25-22(26-29-23)20-12-19(13-24-14-20)17-6-7-17/h10-14,17H,5-9H2,1-4H3. The van der Waals surface area contributed by atoms with Gasteiger partial charge in [0.2, 0.25) is 0 Å². The number of ether oxygens (including phenoxy) is 1. The van der Waals surface area contributed by atoms with Gasteiger partial charge >= 0.3 is 0 Å². The lowest BCUT2D eigenvalue weighted by Gasteiger charge is -2.16. The fourth-order valence-electron chi connectivity index (χ4n) is 3.38. The molecule has 1 aromatic carbocycles. The van der Waals surface area contributed by atoms with Gasteiger partial charge in [0.15, 0.2) is 5.82 Å². The lowest BCUT2D eigenvalue weighted by Crippen LogP contribution is -2.20. The Hall–Kier alpha value is -2.31. The Balaban J connectivity index is 1.48. The molecule has 2 heterocycles. The molecule has 1 aliphatic rings. The Labute approximate surface area is 177 Å². The Morgan fingerprint density at radius 1 is 1.14 bits per heavy atom. The summed E-state index contributed by atoms with van der Waals surface area (Å²) in [5.41, 5.74) is 6.00. The van der Waals surface area contributed by atoms with Crippen molar-refractivity contribution in [2.24, 2.45) is 0 Å². The molecule has 0 spiro atoms. The van der Waals surface area contributed by atoms with E-state index in [0.29, 0.717) is 16.9 Å². The van der Waals surface area contributed by atoms with Crippen molar-refractivity contribution < 1.29 is 4.74 Å². The van der Waals surface area contributed by atoms with Crippen molar-refractivity contribution in [1.29, 1.82) is 0 Å². The number of benzene rings is 1. The molecule has 0 bridgehead atoms. The zero-order valence-corrected chi connectivity index (χ0v) is 18.4. The Morgan fingerprint density at radius 3 is 2.72 bits per heavy atom. The summed E-state index contributed by atoms with van der Waals surface area (Å²) >= 11 is 1.29. The molecule has 152 valence electrons. The van der Waals surface area contributed by atoms with E-state index < -0.39 is 0 Å². The number of pyridine rings is 1. The van der Waals surface area contributed by atoms with Gasteiger partial charge in [0, 0.05) is 36.0 Å². The molecule has 3 aromatic rings. The molecular weight excluding hydrogens is 380 g/mol. The Morgan fingerprint density at radius 2 is 1.97 bits per heavy atom. The molecule has 6 heteroatoms. The van der Waals surface area contributed by atoms with Crippen molar-refractivity contribution >= 4 is 11.5 Å². The van der Waals surface area contributed by atoms with Gasteiger partial charge in [0.05, 0.1) is 0 Å². The topological polar surface area (TPSA) is 51.1 Å². The number of aryl methyl sites for hydroxylation is 2. The minimum Gasteiger partial charge on any atom is -0.430 e. The summed E-state index contributed by atoms with van der Waals surface area (Å²) < 4.78 is 10.6. The SMILES string of the molecule is CCN(C)CCc1cc(C)c(Oc2nc(-c3cncc(C4CC4)c3)ns2)cc1C. The molecule has 0 unspecified atom stereocenters. The van der Waals surface area contributed by atoms with E-state index in [4.69, 9.17) is 4.74 Å². The van der Waals surface area contributed by atoms with Crippen molar-refractivity contribution in [2.45, 2.75) is 46.0 Å². The van der Waals surface area contributed by atoms with Crippen LogP contribution in [0.4, 0.5) is 0 Å². The van der Waals surface area contributed by atoms with Crippen molar-refractivity contribution in [3.63, 3.8) is 0 Å². The molecule has 0 atom stereocenters. The van der Waals surface area contributed by atoms with Crippen molar-refractivity contribution in [2.75, 3.05) is 20.1 Å². The van der Waals surface area contributed by atoms with Crippen LogP contribution in [0.25, 0.3) is 11.4 Å². The molecule has 1 fully saturated rings. The first kappa shape index (κ1) is 20.0. The smallest absolute Gasteiger partial charge is 0.299 e. The molecule has 1 saturated carbocycles. The van der Waals surface area contributed by atoms with Gasteiger partial charge in [-0.15, -0.1) is 0 Å². The highest BCUT2D eigenvalue weighted by Crippen LogP contribution is 2.40. The molecule has 0 N–H and O–H groups in total. The summed E-state index contributed by atoms with van der Waals surface area (Å²) in [6.45, 7) is 8.55. The highest BCUT2D eigenvalue weighted by molar-refractivity contribution is 7.07. The van der Waals surface area contributed by atoms with E-state index in [9.17, 15) is 0 Å². The van der Waals surface area contributed by atoms with E-state index in [-0.39, 0.29) is 0 Å². The van der Waals surface area contributed by atoms with Crippen molar-refractivity contribution in [3.8, 4) is 22.3 Å². The van der Waals surface area contributed by atoms with Crippen LogP contribution < -0.4 is 4.74 Å². The van der Waals surface area contributed by atoms with Gasteiger partial charge in [-0.25, -0.2) is 0 Å². The molecule has 4 rings (SSSR count). The van der Waals surface area contributed by atoms with E-state index in [1.165, 1.54) is 41.1 Å². The lowest BCUT2D eigenvalue weighted by molar-refractivity contribution is 0.357. The Bertz CT molecular complexity index is 996. The van der Waals surface area contributed by atoms with Gasteiger partial charge in [0.1, 0.15) is 5.75 Å². The maximum atomic E-state index is 6.10. The van der Waals surface area contributed by atoms with E-state index in [1.54, 1.807) is 0 Å². The molecule has 2 aromatic heterocycles. The van der Waals surface area contributed by atoms with E-state index >= 15 is 0 Å². The molecule has 29 heavy (non-hydrogen) atoms. The van der Waals surface area contributed by atoms with Gasteiger partial charge in [-0.1, -0.05) is 13.0 Å². The van der Waals surface area contributed by atoms with Gasteiger partial charge < -0.3 is 9.64 Å². The van der Waals surface area contributed by atoms with Crippen molar-refractivity contribution in [1.82, 2.24) is 19.2 Å². The van der Waals surface area contributed by atoms with E-state index in [2.05, 4.69) is 65.3 Å². The number of hydrogen-bond donors (Lipinski definition) is 0. The molecule has 0 radical (unpaired) electrons. The maximum Gasteiger partial charge on any atom is 0.299 e. The first-order valence-electron chi connectivity index (χ1n) is 10.3. The summed E-state index contributed by atoms with van der Waals surface area (Å²) in [6, 6.07) is 6.51. The highest BCUT2D eigenvalue weighted by Gasteiger charge is 2.24.